The lowest BCUT2D eigenvalue weighted by Gasteiger charge is -2.03. The van der Waals surface area contributed by atoms with Gasteiger partial charge >= 0.3 is 5.97 Å². The Morgan fingerprint density at radius 1 is 1.32 bits per heavy atom. The third-order valence-electron chi connectivity index (χ3n) is 2.74. The molecule has 0 fully saturated rings. The largest absolute Gasteiger partial charge is 0.475 e. The van der Waals surface area contributed by atoms with E-state index in [0.29, 0.717) is 11.3 Å². The lowest BCUT2D eigenvalue weighted by atomic mass is 10.4. The molecule has 0 amide bonds. The van der Waals surface area contributed by atoms with E-state index in [0.717, 1.165) is 0 Å². The Balaban J connectivity index is 1.98. The number of aromatic carboxylic acids is 1. The lowest BCUT2D eigenvalue weighted by molar-refractivity contribution is 0.0660. The summed E-state index contributed by atoms with van der Waals surface area (Å²) in [6.07, 6.45) is 4.76. The average Bonchev–Trinajstić information content (AvgIpc) is 3.01. The van der Waals surface area contributed by atoms with Gasteiger partial charge in [-0.1, -0.05) is 0 Å². The zero-order chi connectivity index (χ0) is 13.4. The van der Waals surface area contributed by atoms with Gasteiger partial charge in [0.15, 0.2) is 0 Å². The highest BCUT2D eigenvalue weighted by Crippen LogP contribution is 2.09. The first-order chi connectivity index (χ1) is 9.15. The van der Waals surface area contributed by atoms with Gasteiger partial charge in [-0.15, -0.1) is 0 Å². The van der Waals surface area contributed by atoms with Gasteiger partial charge in [0, 0.05) is 12.4 Å². The van der Waals surface area contributed by atoms with Crippen LogP contribution in [0.1, 0.15) is 16.3 Å². The molecule has 0 aliphatic heterocycles. The topological polar surface area (TPSA) is 89.7 Å². The molecule has 3 rings (SSSR count). The quantitative estimate of drug-likeness (QED) is 0.752. The van der Waals surface area contributed by atoms with Crippen molar-refractivity contribution in [3.05, 3.63) is 58.7 Å². The summed E-state index contributed by atoms with van der Waals surface area (Å²) in [5.41, 5.74) is 0.237. The van der Waals surface area contributed by atoms with Crippen LogP contribution in [0.2, 0.25) is 0 Å². The molecule has 0 saturated heterocycles. The van der Waals surface area contributed by atoms with E-state index in [1.807, 2.05) is 0 Å². The molecule has 7 heteroatoms. The summed E-state index contributed by atoms with van der Waals surface area (Å²) in [6.45, 7) is 0.174. The molecule has 0 spiro atoms. The number of carboxylic acids is 1. The van der Waals surface area contributed by atoms with Crippen molar-refractivity contribution >= 4 is 11.5 Å². The number of carboxylic acid groups (broad SMARTS) is 1. The van der Waals surface area contributed by atoms with E-state index in [-0.39, 0.29) is 17.9 Å². The predicted molar refractivity (Wildman–Crippen MR) is 64.2 cm³/mol. The van der Waals surface area contributed by atoms with Crippen LogP contribution in [0.3, 0.4) is 0 Å². The molecule has 3 heterocycles. The molecule has 0 saturated carbocycles. The summed E-state index contributed by atoms with van der Waals surface area (Å²) in [4.78, 5) is 22.8. The Labute approximate surface area is 106 Å². The van der Waals surface area contributed by atoms with Crippen LogP contribution >= 0.6 is 0 Å². The maximum atomic E-state index is 12.1. The molecule has 0 aliphatic rings. The zero-order valence-electron chi connectivity index (χ0n) is 9.68. The van der Waals surface area contributed by atoms with Crippen LogP contribution in [0.25, 0.3) is 5.52 Å². The molecular formula is C12H9N3O4. The Morgan fingerprint density at radius 2 is 2.16 bits per heavy atom. The fourth-order valence-corrected chi connectivity index (χ4v) is 1.83. The monoisotopic (exact) mass is 259 g/mol. The van der Waals surface area contributed by atoms with Gasteiger partial charge in [0.2, 0.25) is 5.76 Å². The van der Waals surface area contributed by atoms with Crippen LogP contribution in [-0.2, 0) is 6.54 Å². The molecule has 1 N–H and O–H groups in total. The van der Waals surface area contributed by atoms with Crippen molar-refractivity contribution < 1.29 is 14.3 Å². The van der Waals surface area contributed by atoms with E-state index >= 15 is 0 Å². The summed E-state index contributed by atoms with van der Waals surface area (Å²) in [7, 11) is 0. The molecule has 7 nitrogen and oxygen atoms in total. The number of furan rings is 1. The van der Waals surface area contributed by atoms with E-state index in [9.17, 15) is 9.59 Å². The van der Waals surface area contributed by atoms with Crippen molar-refractivity contribution in [1.29, 1.82) is 0 Å². The van der Waals surface area contributed by atoms with E-state index in [2.05, 4.69) is 5.10 Å². The summed E-state index contributed by atoms with van der Waals surface area (Å²) < 4.78 is 8.02. The van der Waals surface area contributed by atoms with Gasteiger partial charge in [0.05, 0.1) is 12.7 Å². The summed E-state index contributed by atoms with van der Waals surface area (Å²) in [6, 6.07) is 4.51. The zero-order valence-corrected chi connectivity index (χ0v) is 9.68. The first-order valence-corrected chi connectivity index (χ1v) is 5.50. The first-order valence-electron chi connectivity index (χ1n) is 5.50. The van der Waals surface area contributed by atoms with Crippen molar-refractivity contribution in [3.8, 4) is 0 Å². The van der Waals surface area contributed by atoms with Gasteiger partial charge < -0.3 is 14.1 Å². The van der Waals surface area contributed by atoms with Crippen LogP contribution in [0.4, 0.5) is 0 Å². The van der Waals surface area contributed by atoms with Crippen molar-refractivity contribution in [1.82, 2.24) is 14.2 Å². The highest BCUT2D eigenvalue weighted by molar-refractivity contribution is 5.84. The minimum absolute atomic E-state index is 0.145. The molecule has 3 aromatic rings. The van der Waals surface area contributed by atoms with Gasteiger partial charge in [0.1, 0.15) is 11.3 Å². The second kappa shape index (κ2) is 4.13. The van der Waals surface area contributed by atoms with Gasteiger partial charge in [-0.25, -0.2) is 9.31 Å². The molecule has 0 radical (unpaired) electrons. The number of carbonyl (C=O) groups is 1. The standard InChI is InChI=1S/C12H9N3O4/c16-11-9-3-4-13-15(9)6-5-14(11)7-8-1-2-10(19-8)12(17)18/h1-6H,7H2,(H,17,18). The maximum absolute atomic E-state index is 12.1. The SMILES string of the molecule is O=C(O)c1ccc(Cn2ccn3nccc3c2=O)o1. The van der Waals surface area contributed by atoms with Crippen molar-refractivity contribution in [3.63, 3.8) is 0 Å². The minimum Gasteiger partial charge on any atom is -0.475 e. The molecule has 0 atom stereocenters. The normalized spacial score (nSPS) is 10.9. The van der Waals surface area contributed by atoms with Gasteiger partial charge in [0.25, 0.3) is 5.56 Å². The third-order valence-corrected chi connectivity index (χ3v) is 2.74. The number of nitrogens with zero attached hydrogens (tertiary/aromatic N) is 3. The number of fused-ring (bicyclic) bond motifs is 1. The molecule has 0 aromatic carbocycles. The van der Waals surface area contributed by atoms with Gasteiger partial charge in [-0.3, -0.25) is 4.79 Å². The Bertz CT molecular complexity index is 812. The summed E-state index contributed by atoms with van der Waals surface area (Å²) >= 11 is 0. The molecule has 0 unspecified atom stereocenters. The van der Waals surface area contributed by atoms with E-state index in [1.54, 1.807) is 18.5 Å². The van der Waals surface area contributed by atoms with Gasteiger partial charge in [-0.2, -0.15) is 5.10 Å². The van der Waals surface area contributed by atoms with Crippen LogP contribution in [0, 0.1) is 0 Å². The summed E-state index contributed by atoms with van der Waals surface area (Å²) in [5, 5.41) is 12.7. The molecular weight excluding hydrogens is 250 g/mol. The fraction of sp³-hybridized carbons (Fsp3) is 0.0833. The minimum atomic E-state index is -1.13. The predicted octanol–water partition coefficient (Wildman–Crippen LogP) is 0.835. The lowest BCUT2D eigenvalue weighted by Crippen LogP contribution is -2.21. The van der Waals surface area contributed by atoms with E-state index < -0.39 is 5.97 Å². The smallest absolute Gasteiger partial charge is 0.371 e. The number of aromatic nitrogens is 3. The Hall–Kier alpha value is -2.83. The average molecular weight is 259 g/mol. The van der Waals surface area contributed by atoms with Crippen LogP contribution in [-0.4, -0.2) is 25.3 Å². The molecule has 0 bridgehead atoms. The van der Waals surface area contributed by atoms with Crippen LogP contribution in [0.5, 0.6) is 0 Å². The van der Waals surface area contributed by atoms with Crippen molar-refractivity contribution in [2.45, 2.75) is 6.54 Å². The second-order valence-electron chi connectivity index (χ2n) is 3.96. The number of hydrogen-bond acceptors (Lipinski definition) is 4. The van der Waals surface area contributed by atoms with Gasteiger partial charge in [-0.05, 0) is 18.2 Å². The van der Waals surface area contributed by atoms with Crippen LogP contribution < -0.4 is 5.56 Å². The third kappa shape index (κ3) is 1.90. The van der Waals surface area contributed by atoms with E-state index in [4.69, 9.17) is 9.52 Å². The molecule has 19 heavy (non-hydrogen) atoms. The maximum Gasteiger partial charge on any atom is 0.371 e. The first kappa shape index (κ1) is 11.3. The molecule has 3 aromatic heterocycles. The highest BCUT2D eigenvalue weighted by Gasteiger charge is 2.10. The Kier molecular flexibility index (Phi) is 2.45. The Morgan fingerprint density at radius 3 is 2.89 bits per heavy atom. The van der Waals surface area contributed by atoms with Crippen molar-refractivity contribution in [2.75, 3.05) is 0 Å². The van der Waals surface area contributed by atoms with Crippen molar-refractivity contribution in [2.24, 2.45) is 0 Å². The number of rotatable bonds is 3. The number of hydrogen-bond donors (Lipinski definition) is 1. The molecule has 96 valence electrons. The van der Waals surface area contributed by atoms with E-state index in [1.165, 1.54) is 27.4 Å². The second-order valence-corrected chi connectivity index (χ2v) is 3.96. The summed E-state index contributed by atoms with van der Waals surface area (Å²) in [5.74, 6) is -0.873. The molecule has 0 aliphatic carbocycles. The fourth-order valence-electron chi connectivity index (χ4n) is 1.83. The van der Waals surface area contributed by atoms with Crippen LogP contribution in [0.15, 0.2) is 46.0 Å². The highest BCUT2D eigenvalue weighted by atomic mass is 16.4.